The van der Waals surface area contributed by atoms with Gasteiger partial charge in [-0.25, -0.2) is 9.78 Å². The summed E-state index contributed by atoms with van der Waals surface area (Å²) in [5.74, 6) is 0.830. The van der Waals surface area contributed by atoms with E-state index in [0.29, 0.717) is 34.7 Å². The summed E-state index contributed by atoms with van der Waals surface area (Å²) in [5, 5.41) is 0.315. The minimum absolute atomic E-state index is 0.215. The van der Waals surface area contributed by atoms with E-state index in [0.717, 1.165) is 5.56 Å². The van der Waals surface area contributed by atoms with E-state index in [1.54, 1.807) is 6.07 Å². The van der Waals surface area contributed by atoms with Crippen molar-refractivity contribution in [1.29, 1.82) is 0 Å². The summed E-state index contributed by atoms with van der Waals surface area (Å²) in [4.78, 5) is 16.4. The summed E-state index contributed by atoms with van der Waals surface area (Å²) in [6.07, 6.45) is 0. The summed E-state index contributed by atoms with van der Waals surface area (Å²) in [6, 6.07) is 5.46. The minimum atomic E-state index is -0.511. The fourth-order valence-corrected chi connectivity index (χ4v) is 2.77. The van der Waals surface area contributed by atoms with Crippen LogP contribution in [0.3, 0.4) is 0 Å². The van der Waals surface area contributed by atoms with Crippen molar-refractivity contribution in [3.63, 3.8) is 0 Å². The Hall–Kier alpha value is -2.28. The molecule has 0 atom stereocenters. The summed E-state index contributed by atoms with van der Waals surface area (Å²) >= 11 is 1.23. The van der Waals surface area contributed by atoms with Crippen LogP contribution in [0, 0.1) is 0 Å². The number of aromatic nitrogens is 1. The Balaban J connectivity index is 2.07. The van der Waals surface area contributed by atoms with E-state index < -0.39 is 5.97 Å². The maximum Gasteiger partial charge on any atom is 0.358 e. The number of nitrogens with zero attached hydrogens (tertiary/aromatic N) is 1. The third-order valence-corrected chi connectivity index (χ3v) is 3.76. The van der Waals surface area contributed by atoms with Crippen LogP contribution in [0.2, 0.25) is 0 Å². The van der Waals surface area contributed by atoms with Gasteiger partial charge >= 0.3 is 5.97 Å². The third-order valence-electron chi connectivity index (χ3n) is 2.83. The van der Waals surface area contributed by atoms with Gasteiger partial charge in [0.05, 0.1) is 12.0 Å². The monoisotopic (exact) mass is 292 g/mol. The molecule has 0 bridgehead atoms. The van der Waals surface area contributed by atoms with Crippen LogP contribution >= 0.6 is 11.3 Å². The maximum atomic E-state index is 11.7. The molecule has 1 aromatic carbocycles. The number of fused-ring (bicyclic) bond motifs is 1. The smallest absolute Gasteiger partial charge is 0.358 e. The van der Waals surface area contributed by atoms with Crippen LogP contribution in [0.1, 0.15) is 10.5 Å². The Morgan fingerprint density at radius 1 is 1.35 bits per heavy atom. The number of nitrogen functional groups attached to an aromatic ring is 1. The van der Waals surface area contributed by atoms with Crippen LogP contribution in [0.25, 0.3) is 10.4 Å². The number of esters is 1. The van der Waals surface area contributed by atoms with E-state index in [2.05, 4.69) is 4.98 Å². The fourth-order valence-electron chi connectivity index (χ4n) is 1.95. The number of thiazole rings is 1. The molecule has 0 amide bonds. The lowest BCUT2D eigenvalue weighted by Crippen LogP contribution is -2.15. The molecule has 2 aromatic rings. The van der Waals surface area contributed by atoms with E-state index in [4.69, 9.17) is 19.9 Å². The highest BCUT2D eigenvalue weighted by Crippen LogP contribution is 2.38. The first-order valence-corrected chi connectivity index (χ1v) is 6.75. The van der Waals surface area contributed by atoms with Crippen LogP contribution in [0.5, 0.6) is 11.5 Å². The Morgan fingerprint density at radius 3 is 2.85 bits per heavy atom. The minimum Gasteiger partial charge on any atom is -0.486 e. The van der Waals surface area contributed by atoms with Gasteiger partial charge in [0.25, 0.3) is 0 Å². The molecule has 0 aliphatic carbocycles. The molecule has 1 aliphatic rings. The molecule has 1 aliphatic heterocycles. The molecule has 7 heteroatoms. The number of anilines is 1. The van der Waals surface area contributed by atoms with Gasteiger partial charge < -0.3 is 19.9 Å². The van der Waals surface area contributed by atoms with Gasteiger partial charge in [-0.3, -0.25) is 0 Å². The SMILES string of the molecule is COC(=O)c1nc(N)sc1-c1ccc2c(c1)OCCO2. The van der Waals surface area contributed by atoms with Crippen molar-refractivity contribution in [3.8, 4) is 21.9 Å². The molecular weight excluding hydrogens is 280 g/mol. The van der Waals surface area contributed by atoms with Crippen molar-refractivity contribution in [2.45, 2.75) is 0 Å². The molecule has 2 N–H and O–H groups in total. The molecule has 0 unspecified atom stereocenters. The predicted octanol–water partition coefficient (Wildman–Crippen LogP) is 1.95. The zero-order valence-corrected chi connectivity index (χ0v) is 11.5. The van der Waals surface area contributed by atoms with Crippen LogP contribution in [-0.4, -0.2) is 31.3 Å². The number of nitrogens with two attached hydrogens (primary N) is 1. The van der Waals surface area contributed by atoms with Crippen LogP contribution < -0.4 is 15.2 Å². The number of carbonyl (C=O) groups is 1. The molecule has 20 heavy (non-hydrogen) atoms. The van der Waals surface area contributed by atoms with E-state index in [9.17, 15) is 4.79 Å². The van der Waals surface area contributed by atoms with Crippen LogP contribution in [0.15, 0.2) is 18.2 Å². The summed E-state index contributed by atoms with van der Waals surface area (Å²) < 4.78 is 15.7. The lowest BCUT2D eigenvalue weighted by Gasteiger charge is -2.18. The molecule has 1 aromatic heterocycles. The first-order valence-electron chi connectivity index (χ1n) is 5.93. The average Bonchev–Trinajstić information content (AvgIpc) is 2.88. The van der Waals surface area contributed by atoms with Gasteiger partial charge in [-0.1, -0.05) is 11.3 Å². The standard InChI is InChI=1S/C13H12N2O4S/c1-17-12(16)10-11(20-13(14)15-10)7-2-3-8-9(6-7)19-5-4-18-8/h2-3,6H,4-5H2,1H3,(H2,14,15). The quantitative estimate of drug-likeness (QED) is 0.852. The number of hydrogen-bond acceptors (Lipinski definition) is 7. The van der Waals surface area contributed by atoms with Gasteiger partial charge in [0, 0.05) is 0 Å². The second-order valence-corrected chi connectivity index (χ2v) is 5.11. The van der Waals surface area contributed by atoms with Gasteiger partial charge in [0.2, 0.25) is 0 Å². The van der Waals surface area contributed by atoms with E-state index >= 15 is 0 Å². The molecule has 0 fully saturated rings. The maximum absolute atomic E-state index is 11.7. The topological polar surface area (TPSA) is 83.7 Å². The van der Waals surface area contributed by atoms with Gasteiger partial charge in [0.1, 0.15) is 13.2 Å². The summed E-state index contributed by atoms with van der Waals surface area (Å²) in [7, 11) is 1.31. The Labute approximate surface area is 119 Å². The lowest BCUT2D eigenvalue weighted by atomic mass is 10.1. The van der Waals surface area contributed by atoms with Crippen molar-refractivity contribution < 1.29 is 19.0 Å². The van der Waals surface area contributed by atoms with E-state index in [1.807, 2.05) is 12.1 Å². The highest BCUT2D eigenvalue weighted by atomic mass is 32.1. The van der Waals surface area contributed by atoms with Crippen LogP contribution in [-0.2, 0) is 4.74 Å². The Morgan fingerprint density at radius 2 is 2.10 bits per heavy atom. The highest BCUT2D eigenvalue weighted by molar-refractivity contribution is 7.19. The van der Waals surface area contributed by atoms with Crippen molar-refractivity contribution in [2.24, 2.45) is 0 Å². The molecule has 3 rings (SSSR count). The first kappa shape index (κ1) is 12.7. The van der Waals surface area contributed by atoms with E-state index in [1.165, 1.54) is 18.4 Å². The first-order chi connectivity index (χ1) is 9.69. The molecule has 0 saturated carbocycles. The lowest BCUT2D eigenvalue weighted by molar-refractivity contribution is 0.0596. The van der Waals surface area contributed by atoms with Gasteiger partial charge in [-0.2, -0.15) is 0 Å². The summed E-state index contributed by atoms with van der Waals surface area (Å²) in [6.45, 7) is 1.04. The molecular formula is C13H12N2O4S. The third kappa shape index (κ3) is 2.16. The molecule has 6 nitrogen and oxygen atoms in total. The van der Waals surface area contributed by atoms with Gasteiger partial charge in [0.15, 0.2) is 22.3 Å². The molecule has 0 radical (unpaired) electrons. The molecule has 104 valence electrons. The normalized spacial score (nSPS) is 13.1. The number of methoxy groups -OCH3 is 1. The average molecular weight is 292 g/mol. The molecule has 0 saturated heterocycles. The second kappa shape index (κ2) is 5.01. The molecule has 0 spiro atoms. The van der Waals surface area contributed by atoms with E-state index in [-0.39, 0.29) is 5.69 Å². The second-order valence-electron chi connectivity index (χ2n) is 4.08. The number of benzene rings is 1. The fraction of sp³-hybridized carbons (Fsp3) is 0.231. The summed E-state index contributed by atoms with van der Waals surface area (Å²) in [5.41, 5.74) is 6.70. The molecule has 2 heterocycles. The predicted molar refractivity (Wildman–Crippen MR) is 74.3 cm³/mol. The van der Waals surface area contributed by atoms with Crippen molar-refractivity contribution in [3.05, 3.63) is 23.9 Å². The number of rotatable bonds is 2. The zero-order valence-electron chi connectivity index (χ0n) is 10.7. The highest BCUT2D eigenvalue weighted by Gasteiger charge is 2.21. The number of ether oxygens (including phenoxy) is 3. The number of carbonyl (C=O) groups excluding carboxylic acids is 1. The Kier molecular flexibility index (Phi) is 3.19. The Bertz CT molecular complexity index is 668. The largest absolute Gasteiger partial charge is 0.486 e. The van der Waals surface area contributed by atoms with Crippen molar-refractivity contribution in [1.82, 2.24) is 4.98 Å². The number of hydrogen-bond donors (Lipinski definition) is 1. The van der Waals surface area contributed by atoms with Crippen molar-refractivity contribution in [2.75, 3.05) is 26.1 Å². The van der Waals surface area contributed by atoms with Gasteiger partial charge in [-0.05, 0) is 23.8 Å². The van der Waals surface area contributed by atoms with Crippen molar-refractivity contribution >= 4 is 22.4 Å². The van der Waals surface area contributed by atoms with Gasteiger partial charge in [-0.15, -0.1) is 0 Å². The zero-order chi connectivity index (χ0) is 14.1. The van der Waals surface area contributed by atoms with Crippen LogP contribution in [0.4, 0.5) is 5.13 Å².